The van der Waals surface area contributed by atoms with Gasteiger partial charge in [0, 0.05) is 0 Å². The molecule has 0 heterocycles. The lowest BCUT2D eigenvalue weighted by atomic mass is 10.1. The van der Waals surface area contributed by atoms with E-state index in [0.29, 0.717) is 0 Å². The Morgan fingerprint density at radius 3 is 2.25 bits per heavy atom. The van der Waals surface area contributed by atoms with Gasteiger partial charge in [0.05, 0.1) is 5.56 Å². The summed E-state index contributed by atoms with van der Waals surface area (Å²) in [6.07, 6.45) is 0. The molecule has 0 saturated carbocycles. The Bertz CT molecular complexity index is 430. The van der Waals surface area contributed by atoms with Crippen molar-refractivity contribution in [2.24, 2.45) is 0 Å². The minimum atomic E-state index is -1.43. The molecule has 5 nitrogen and oxygen atoms in total. The predicted molar refractivity (Wildman–Crippen MR) is 56.5 cm³/mol. The molecule has 16 heavy (non-hydrogen) atoms. The number of halogens is 2. The third kappa shape index (κ3) is 2.77. The zero-order valence-corrected chi connectivity index (χ0v) is 9.20. The minimum Gasteiger partial charge on any atom is -0.478 e. The Hall–Kier alpha value is -1.46. The molecule has 1 rings (SSSR count). The first-order valence-electron chi connectivity index (χ1n) is 3.98. The molecule has 0 saturated heterocycles. The van der Waals surface area contributed by atoms with Gasteiger partial charge in [-0.05, 0) is 12.1 Å². The van der Waals surface area contributed by atoms with E-state index in [9.17, 15) is 9.59 Å². The molecular weight excluding hydrogens is 259 g/mol. The summed E-state index contributed by atoms with van der Waals surface area (Å²) in [5.41, 5.74) is -0.875. The van der Waals surface area contributed by atoms with Gasteiger partial charge in [0.2, 0.25) is 5.02 Å². The molecule has 0 unspecified atom stereocenters. The van der Waals surface area contributed by atoms with Crippen molar-refractivity contribution in [3.8, 4) is 5.75 Å². The van der Waals surface area contributed by atoms with Crippen LogP contribution in [0.1, 0.15) is 20.7 Å². The van der Waals surface area contributed by atoms with Crippen LogP contribution in [0.4, 0.5) is 0 Å². The monoisotopic (exact) mass is 264 g/mol. The Morgan fingerprint density at radius 1 is 1.19 bits per heavy atom. The van der Waals surface area contributed by atoms with Crippen molar-refractivity contribution in [2.75, 3.05) is 0 Å². The minimum absolute atomic E-state index is 0.192. The van der Waals surface area contributed by atoms with Gasteiger partial charge in [0.25, 0.3) is 0 Å². The molecule has 0 atom stereocenters. The van der Waals surface area contributed by atoms with E-state index in [2.05, 4.69) is 0 Å². The average molecular weight is 265 g/mol. The van der Waals surface area contributed by atoms with Crippen molar-refractivity contribution in [3.05, 3.63) is 29.3 Å². The number of rotatable bonds is 4. The van der Waals surface area contributed by atoms with Crippen molar-refractivity contribution in [1.82, 2.24) is 0 Å². The van der Waals surface area contributed by atoms with Gasteiger partial charge in [-0.15, -0.1) is 0 Å². The first kappa shape index (κ1) is 12.6. The van der Waals surface area contributed by atoms with Gasteiger partial charge in [0.15, 0.2) is 0 Å². The molecule has 1 aromatic carbocycles. The van der Waals surface area contributed by atoms with E-state index in [1.807, 2.05) is 0 Å². The van der Waals surface area contributed by atoms with E-state index in [1.54, 1.807) is 0 Å². The van der Waals surface area contributed by atoms with Gasteiger partial charge in [-0.3, -0.25) is 0 Å². The van der Waals surface area contributed by atoms with Crippen LogP contribution in [0, 0.1) is 0 Å². The van der Waals surface area contributed by atoms with Crippen LogP contribution in [-0.2, 0) is 0 Å². The van der Waals surface area contributed by atoms with Crippen molar-refractivity contribution >= 4 is 35.1 Å². The predicted octanol–water partition coefficient (Wildman–Crippen LogP) is 2.22. The molecule has 0 radical (unpaired) electrons. The van der Waals surface area contributed by atoms with Gasteiger partial charge in [-0.25, -0.2) is 9.59 Å². The highest BCUT2D eigenvalue weighted by atomic mass is 35.5. The van der Waals surface area contributed by atoms with E-state index >= 15 is 0 Å². The highest BCUT2D eigenvalue weighted by Gasteiger charge is 2.21. The van der Waals surface area contributed by atoms with E-state index < -0.39 is 22.5 Å². The summed E-state index contributed by atoms with van der Waals surface area (Å²) in [6, 6.07) is 3.76. The normalized spacial score (nSPS) is 10.2. The summed E-state index contributed by atoms with van der Waals surface area (Å²) in [5.74, 6) is -2.99. The first-order chi connectivity index (χ1) is 7.43. The standard InChI is InChI=1S/C9H6Cl2O5/c10-9(11)16-5-3-1-2-4(7(12)13)6(5)8(14)15/h1-3,9H,(H,12,13)(H,14,15). The summed E-state index contributed by atoms with van der Waals surface area (Å²) < 4.78 is 4.78. The summed E-state index contributed by atoms with van der Waals surface area (Å²) in [7, 11) is 0. The molecule has 0 aliphatic heterocycles. The van der Waals surface area contributed by atoms with Crippen molar-refractivity contribution < 1.29 is 24.5 Å². The summed E-state index contributed by atoms with van der Waals surface area (Å²) >= 11 is 10.6. The van der Waals surface area contributed by atoms with Crippen LogP contribution in [0.5, 0.6) is 5.75 Å². The first-order valence-corrected chi connectivity index (χ1v) is 4.85. The molecule has 2 N–H and O–H groups in total. The Balaban J connectivity index is 3.32. The number of carbonyl (C=O) groups is 2. The van der Waals surface area contributed by atoms with Crippen LogP contribution in [0.2, 0.25) is 0 Å². The number of aromatic carboxylic acids is 2. The quantitative estimate of drug-likeness (QED) is 0.815. The number of benzene rings is 1. The van der Waals surface area contributed by atoms with Crippen molar-refractivity contribution in [2.45, 2.75) is 5.02 Å². The summed E-state index contributed by atoms with van der Waals surface area (Å²) in [4.78, 5) is 21.7. The Kier molecular flexibility index (Phi) is 3.98. The van der Waals surface area contributed by atoms with Gasteiger partial charge in [0.1, 0.15) is 11.3 Å². The summed E-state index contributed by atoms with van der Waals surface area (Å²) in [6.45, 7) is 0. The highest BCUT2D eigenvalue weighted by Crippen LogP contribution is 2.25. The SMILES string of the molecule is O=C(O)c1cccc(OC(Cl)Cl)c1C(=O)O. The lowest BCUT2D eigenvalue weighted by Crippen LogP contribution is -2.12. The van der Waals surface area contributed by atoms with Crippen molar-refractivity contribution in [3.63, 3.8) is 0 Å². The zero-order valence-electron chi connectivity index (χ0n) is 7.68. The highest BCUT2D eigenvalue weighted by molar-refractivity contribution is 6.43. The lowest BCUT2D eigenvalue weighted by molar-refractivity contribution is 0.0647. The molecule has 0 aliphatic carbocycles. The van der Waals surface area contributed by atoms with E-state index in [4.69, 9.17) is 38.2 Å². The van der Waals surface area contributed by atoms with Gasteiger partial charge in [-0.2, -0.15) is 0 Å². The third-order valence-electron chi connectivity index (χ3n) is 1.69. The Labute approximate surface area is 100 Å². The fraction of sp³-hybridized carbons (Fsp3) is 0.111. The lowest BCUT2D eigenvalue weighted by Gasteiger charge is -2.10. The molecule has 0 bridgehead atoms. The molecule has 7 heteroatoms. The number of ether oxygens (including phenoxy) is 1. The zero-order chi connectivity index (χ0) is 12.3. The molecule has 86 valence electrons. The van der Waals surface area contributed by atoms with Crippen LogP contribution in [0.15, 0.2) is 18.2 Å². The van der Waals surface area contributed by atoms with Crippen LogP contribution < -0.4 is 4.74 Å². The molecular formula is C9H6Cl2O5. The van der Waals surface area contributed by atoms with Crippen LogP contribution in [-0.4, -0.2) is 27.2 Å². The number of hydrogen-bond donors (Lipinski definition) is 2. The molecule has 1 aromatic rings. The maximum Gasteiger partial charge on any atom is 0.340 e. The maximum absolute atomic E-state index is 10.9. The topological polar surface area (TPSA) is 83.8 Å². The van der Waals surface area contributed by atoms with E-state index in [1.165, 1.54) is 12.1 Å². The smallest absolute Gasteiger partial charge is 0.340 e. The maximum atomic E-state index is 10.9. The third-order valence-corrected chi connectivity index (χ3v) is 1.86. The second-order valence-corrected chi connectivity index (χ2v) is 3.68. The largest absolute Gasteiger partial charge is 0.478 e. The number of hydrogen-bond acceptors (Lipinski definition) is 3. The van der Waals surface area contributed by atoms with Crippen molar-refractivity contribution in [1.29, 1.82) is 0 Å². The van der Waals surface area contributed by atoms with Crippen LogP contribution in [0.3, 0.4) is 0 Å². The molecule has 0 amide bonds. The summed E-state index contributed by atoms with van der Waals surface area (Å²) in [5, 5.41) is 16.4. The van der Waals surface area contributed by atoms with Gasteiger partial charge in [-0.1, -0.05) is 29.3 Å². The average Bonchev–Trinajstić information content (AvgIpc) is 2.15. The fourth-order valence-corrected chi connectivity index (χ4v) is 1.32. The van der Waals surface area contributed by atoms with Gasteiger partial charge < -0.3 is 14.9 Å². The Morgan fingerprint density at radius 2 is 1.81 bits per heavy atom. The number of alkyl halides is 2. The fourth-order valence-electron chi connectivity index (χ4n) is 1.12. The molecule has 0 aliphatic rings. The molecule has 0 aromatic heterocycles. The second kappa shape index (κ2) is 5.05. The molecule has 0 fully saturated rings. The second-order valence-electron chi connectivity index (χ2n) is 2.67. The van der Waals surface area contributed by atoms with Crippen LogP contribution >= 0.6 is 23.2 Å². The van der Waals surface area contributed by atoms with E-state index in [0.717, 1.165) is 6.07 Å². The van der Waals surface area contributed by atoms with Crippen LogP contribution in [0.25, 0.3) is 0 Å². The van der Waals surface area contributed by atoms with E-state index in [-0.39, 0.29) is 11.3 Å². The molecule has 0 spiro atoms. The number of carboxylic acids is 2. The number of carboxylic acid groups (broad SMARTS) is 2. The van der Waals surface area contributed by atoms with Gasteiger partial charge >= 0.3 is 11.9 Å².